The minimum absolute atomic E-state index is 0.179. The van der Waals surface area contributed by atoms with Crippen LogP contribution in [0.3, 0.4) is 0 Å². The van der Waals surface area contributed by atoms with Gasteiger partial charge in [0.05, 0.1) is 10.7 Å². The van der Waals surface area contributed by atoms with Gasteiger partial charge >= 0.3 is 0 Å². The molecule has 1 amide bonds. The van der Waals surface area contributed by atoms with Crippen LogP contribution in [0.5, 0.6) is 11.6 Å². The molecule has 0 aliphatic heterocycles. The van der Waals surface area contributed by atoms with Crippen molar-refractivity contribution in [2.45, 2.75) is 13.8 Å². The van der Waals surface area contributed by atoms with Crippen molar-refractivity contribution in [1.82, 2.24) is 9.97 Å². The van der Waals surface area contributed by atoms with Gasteiger partial charge in [0.2, 0.25) is 11.6 Å². The molecule has 0 saturated carbocycles. The van der Waals surface area contributed by atoms with Crippen LogP contribution in [-0.2, 0) is 0 Å². The normalized spacial score (nSPS) is 10.5. The molecule has 0 fully saturated rings. The predicted octanol–water partition coefficient (Wildman–Crippen LogP) is 4.38. The molecule has 0 spiro atoms. The van der Waals surface area contributed by atoms with Crippen LogP contribution in [-0.4, -0.2) is 15.9 Å². The van der Waals surface area contributed by atoms with E-state index < -0.39 is 0 Å². The van der Waals surface area contributed by atoms with E-state index in [9.17, 15) is 4.79 Å². The molecule has 122 valence electrons. The Morgan fingerprint density at radius 2 is 2.04 bits per heavy atom. The summed E-state index contributed by atoms with van der Waals surface area (Å²) in [6.07, 6.45) is 1.53. The summed E-state index contributed by atoms with van der Waals surface area (Å²) in [7, 11) is 0. The number of aromatic nitrogens is 2. The van der Waals surface area contributed by atoms with Crippen molar-refractivity contribution in [2.24, 2.45) is 0 Å². The highest BCUT2D eigenvalue weighted by Gasteiger charge is 2.16. The minimum Gasteiger partial charge on any atom is -0.437 e. The summed E-state index contributed by atoms with van der Waals surface area (Å²) in [6, 6.07) is 10.3. The molecule has 0 bridgehead atoms. The number of ether oxygens (including phenoxy) is 1. The maximum atomic E-state index is 12.2. The van der Waals surface area contributed by atoms with E-state index >= 15 is 0 Å². The number of amides is 1. The Balaban J connectivity index is 1.77. The third-order valence-corrected chi connectivity index (χ3v) is 3.47. The van der Waals surface area contributed by atoms with Crippen molar-refractivity contribution >= 4 is 23.2 Å². The van der Waals surface area contributed by atoms with E-state index in [2.05, 4.69) is 15.3 Å². The number of nitrogens with one attached hydrogen (secondary N) is 1. The van der Waals surface area contributed by atoms with E-state index in [0.29, 0.717) is 33.9 Å². The Bertz CT molecular complexity index is 892. The largest absolute Gasteiger partial charge is 0.437 e. The first-order valence-corrected chi connectivity index (χ1v) is 7.54. The monoisotopic (exact) mass is 343 g/mol. The smallest absolute Gasteiger partial charge is 0.293 e. The topological polar surface area (TPSA) is 77.2 Å². The van der Waals surface area contributed by atoms with Crippen LogP contribution in [0, 0.1) is 13.8 Å². The number of halogens is 1. The zero-order chi connectivity index (χ0) is 17.1. The number of rotatable bonds is 4. The number of carbonyl (C=O) groups excluding carboxylic acids is 1. The Morgan fingerprint density at radius 3 is 2.75 bits per heavy atom. The molecule has 2 aromatic heterocycles. The van der Waals surface area contributed by atoms with Crippen LogP contribution in [0.4, 0.5) is 5.69 Å². The second-order valence-electron chi connectivity index (χ2n) is 5.02. The molecule has 6 nitrogen and oxygen atoms in total. The van der Waals surface area contributed by atoms with Gasteiger partial charge in [-0.05, 0) is 25.1 Å². The van der Waals surface area contributed by atoms with E-state index in [0.717, 1.165) is 0 Å². The minimum atomic E-state index is -0.386. The summed E-state index contributed by atoms with van der Waals surface area (Å²) in [5.74, 6) is 1.03. The lowest BCUT2D eigenvalue weighted by Crippen LogP contribution is -2.12. The number of carbonyl (C=O) groups is 1. The number of benzene rings is 1. The van der Waals surface area contributed by atoms with E-state index in [1.807, 2.05) is 6.07 Å². The molecule has 1 N–H and O–H groups in total. The Hall–Kier alpha value is -2.86. The highest BCUT2D eigenvalue weighted by molar-refractivity contribution is 6.32. The first-order valence-electron chi connectivity index (χ1n) is 7.17. The molecule has 3 aromatic rings. The fraction of sp³-hybridized carbons (Fsp3) is 0.118. The molecule has 0 aliphatic rings. The summed E-state index contributed by atoms with van der Waals surface area (Å²) in [5.41, 5.74) is 1.05. The van der Waals surface area contributed by atoms with Crippen molar-refractivity contribution in [3.05, 3.63) is 65.0 Å². The fourth-order valence-corrected chi connectivity index (χ4v) is 2.29. The average molecular weight is 344 g/mol. The molecule has 7 heteroatoms. The Morgan fingerprint density at radius 1 is 1.25 bits per heavy atom. The van der Waals surface area contributed by atoms with E-state index in [4.69, 9.17) is 20.8 Å². The standard InChI is InChI=1S/C17H14ClN3O3/c1-10-16(23-11(2)20-10)17(22)21-12-7-8-19-15(9-12)24-14-6-4-3-5-13(14)18/h3-9H,1-2H3,(H,19,21,22). The molecule has 0 atom stereocenters. The van der Waals surface area contributed by atoms with Gasteiger partial charge in [0.15, 0.2) is 5.89 Å². The second-order valence-corrected chi connectivity index (χ2v) is 5.42. The number of hydrogen-bond donors (Lipinski definition) is 1. The highest BCUT2D eigenvalue weighted by atomic mass is 35.5. The number of pyridine rings is 1. The first-order chi connectivity index (χ1) is 11.5. The molecule has 1 aromatic carbocycles. The molecule has 0 radical (unpaired) electrons. The second kappa shape index (κ2) is 6.72. The van der Waals surface area contributed by atoms with Crippen LogP contribution < -0.4 is 10.1 Å². The van der Waals surface area contributed by atoms with E-state index in [1.165, 1.54) is 6.20 Å². The quantitative estimate of drug-likeness (QED) is 0.760. The number of aryl methyl sites for hydroxylation is 2. The first kappa shape index (κ1) is 16.0. The number of nitrogens with zero attached hydrogens (tertiary/aromatic N) is 2. The average Bonchev–Trinajstić information content (AvgIpc) is 2.89. The lowest BCUT2D eigenvalue weighted by atomic mass is 10.3. The van der Waals surface area contributed by atoms with Crippen molar-refractivity contribution in [1.29, 1.82) is 0 Å². The summed E-state index contributed by atoms with van der Waals surface area (Å²) >= 11 is 6.06. The maximum Gasteiger partial charge on any atom is 0.293 e. The van der Waals surface area contributed by atoms with Crippen molar-refractivity contribution in [3.8, 4) is 11.6 Å². The van der Waals surface area contributed by atoms with Crippen LogP contribution in [0.1, 0.15) is 22.1 Å². The van der Waals surface area contributed by atoms with Crippen molar-refractivity contribution in [2.75, 3.05) is 5.32 Å². The zero-order valence-corrected chi connectivity index (χ0v) is 13.8. The number of oxazole rings is 1. The van der Waals surface area contributed by atoms with Gasteiger partial charge in [-0.3, -0.25) is 4.79 Å². The third kappa shape index (κ3) is 3.55. The Kier molecular flexibility index (Phi) is 4.48. The lowest BCUT2D eigenvalue weighted by Gasteiger charge is -2.08. The van der Waals surface area contributed by atoms with Gasteiger partial charge in [0, 0.05) is 24.9 Å². The van der Waals surface area contributed by atoms with Crippen LogP contribution >= 0.6 is 11.6 Å². The predicted molar refractivity (Wildman–Crippen MR) is 89.7 cm³/mol. The van der Waals surface area contributed by atoms with E-state index in [-0.39, 0.29) is 11.7 Å². The molecule has 0 unspecified atom stereocenters. The third-order valence-electron chi connectivity index (χ3n) is 3.15. The van der Waals surface area contributed by atoms with Crippen LogP contribution in [0.15, 0.2) is 47.0 Å². The van der Waals surface area contributed by atoms with E-state index in [1.54, 1.807) is 44.2 Å². The summed E-state index contributed by atoms with van der Waals surface area (Å²) in [4.78, 5) is 20.4. The van der Waals surface area contributed by atoms with Gasteiger partial charge in [-0.2, -0.15) is 0 Å². The molecule has 24 heavy (non-hydrogen) atoms. The number of anilines is 1. The SMILES string of the molecule is Cc1nc(C)c(C(=O)Nc2ccnc(Oc3ccccc3Cl)c2)o1. The van der Waals surface area contributed by atoms with Crippen molar-refractivity contribution in [3.63, 3.8) is 0 Å². The van der Waals surface area contributed by atoms with Gasteiger partial charge in [-0.25, -0.2) is 9.97 Å². The van der Waals surface area contributed by atoms with Gasteiger partial charge in [-0.15, -0.1) is 0 Å². The van der Waals surface area contributed by atoms with Gasteiger partial charge in [0.25, 0.3) is 5.91 Å². The molecule has 2 heterocycles. The fourth-order valence-electron chi connectivity index (χ4n) is 2.11. The van der Waals surface area contributed by atoms with Gasteiger partial charge < -0.3 is 14.5 Å². The lowest BCUT2D eigenvalue weighted by molar-refractivity contribution is 0.0994. The summed E-state index contributed by atoms with van der Waals surface area (Å²) < 4.78 is 10.9. The number of hydrogen-bond acceptors (Lipinski definition) is 5. The summed E-state index contributed by atoms with van der Waals surface area (Å²) in [6.45, 7) is 3.40. The van der Waals surface area contributed by atoms with Crippen molar-refractivity contribution < 1.29 is 13.9 Å². The zero-order valence-electron chi connectivity index (χ0n) is 13.0. The van der Waals surface area contributed by atoms with Crippen LogP contribution in [0.2, 0.25) is 5.02 Å². The molecule has 0 saturated heterocycles. The highest BCUT2D eigenvalue weighted by Crippen LogP contribution is 2.28. The van der Waals surface area contributed by atoms with Gasteiger partial charge in [-0.1, -0.05) is 23.7 Å². The number of para-hydroxylation sites is 1. The maximum absolute atomic E-state index is 12.2. The Labute approximate surface area is 143 Å². The molecular weight excluding hydrogens is 330 g/mol. The molecular formula is C17H14ClN3O3. The molecule has 0 aliphatic carbocycles. The summed E-state index contributed by atoms with van der Waals surface area (Å²) in [5, 5.41) is 3.20. The molecule has 3 rings (SSSR count). The van der Waals surface area contributed by atoms with Gasteiger partial charge in [0.1, 0.15) is 5.75 Å². The van der Waals surface area contributed by atoms with Crippen LogP contribution in [0.25, 0.3) is 0 Å².